The SMILES string of the molecule is CC(C)CCCCn1c(C(C)Cl)nc2c(F)cc(F)cc21. The molecule has 0 aliphatic rings. The van der Waals surface area contributed by atoms with Gasteiger partial charge in [-0.2, -0.15) is 0 Å². The molecule has 2 nitrogen and oxygen atoms in total. The van der Waals surface area contributed by atoms with Crippen LogP contribution in [0, 0.1) is 17.6 Å². The van der Waals surface area contributed by atoms with E-state index in [4.69, 9.17) is 11.6 Å². The third-order valence-corrected chi connectivity index (χ3v) is 3.77. The average Bonchev–Trinajstić information content (AvgIpc) is 2.73. The summed E-state index contributed by atoms with van der Waals surface area (Å²) >= 11 is 6.14. The van der Waals surface area contributed by atoms with Gasteiger partial charge in [0.2, 0.25) is 0 Å². The number of rotatable bonds is 6. The summed E-state index contributed by atoms with van der Waals surface area (Å²) < 4.78 is 29.2. The van der Waals surface area contributed by atoms with Crippen LogP contribution in [-0.4, -0.2) is 9.55 Å². The predicted molar refractivity (Wildman–Crippen MR) is 82.6 cm³/mol. The highest BCUT2D eigenvalue weighted by atomic mass is 35.5. The average molecular weight is 315 g/mol. The van der Waals surface area contributed by atoms with E-state index in [2.05, 4.69) is 18.8 Å². The van der Waals surface area contributed by atoms with E-state index in [1.165, 1.54) is 6.07 Å². The number of aromatic nitrogens is 2. The molecule has 0 N–H and O–H groups in total. The molecule has 2 rings (SSSR count). The van der Waals surface area contributed by atoms with Crippen molar-refractivity contribution in [1.29, 1.82) is 0 Å². The first-order valence-corrected chi connectivity index (χ1v) is 7.83. The van der Waals surface area contributed by atoms with Gasteiger partial charge in [-0.1, -0.05) is 26.7 Å². The predicted octanol–water partition coefficient (Wildman–Crippen LogP) is 5.44. The van der Waals surface area contributed by atoms with Crippen LogP contribution < -0.4 is 0 Å². The van der Waals surface area contributed by atoms with Gasteiger partial charge in [-0.15, -0.1) is 11.6 Å². The number of fused-ring (bicyclic) bond motifs is 1. The van der Waals surface area contributed by atoms with Crippen molar-refractivity contribution in [2.45, 2.75) is 52.0 Å². The normalized spacial score (nSPS) is 13.3. The van der Waals surface area contributed by atoms with Crippen molar-refractivity contribution in [3.8, 4) is 0 Å². The molecule has 21 heavy (non-hydrogen) atoms. The number of hydrogen-bond donors (Lipinski definition) is 0. The van der Waals surface area contributed by atoms with Crippen LogP contribution in [0.25, 0.3) is 11.0 Å². The van der Waals surface area contributed by atoms with E-state index in [0.717, 1.165) is 25.3 Å². The summed E-state index contributed by atoms with van der Waals surface area (Å²) in [5.41, 5.74) is 0.683. The topological polar surface area (TPSA) is 17.8 Å². The molecule has 0 radical (unpaired) electrons. The Morgan fingerprint density at radius 2 is 1.90 bits per heavy atom. The summed E-state index contributed by atoms with van der Waals surface area (Å²) in [6.07, 6.45) is 3.16. The standard InChI is InChI=1S/C16H21ClF2N2/c1-10(2)6-4-5-7-21-14-9-12(18)8-13(19)15(14)20-16(21)11(3)17/h8-11H,4-7H2,1-3H3. The van der Waals surface area contributed by atoms with Gasteiger partial charge in [0.05, 0.1) is 10.9 Å². The molecule has 2 aromatic rings. The molecule has 0 fully saturated rings. The molecular formula is C16H21ClF2N2. The van der Waals surface area contributed by atoms with Gasteiger partial charge in [-0.05, 0) is 25.3 Å². The summed E-state index contributed by atoms with van der Waals surface area (Å²) in [4.78, 5) is 4.26. The zero-order chi connectivity index (χ0) is 15.6. The zero-order valence-electron chi connectivity index (χ0n) is 12.7. The maximum absolute atomic E-state index is 13.8. The van der Waals surface area contributed by atoms with Crippen molar-refractivity contribution in [2.24, 2.45) is 5.92 Å². The Morgan fingerprint density at radius 3 is 2.52 bits per heavy atom. The van der Waals surface area contributed by atoms with Gasteiger partial charge in [0.25, 0.3) is 0 Å². The van der Waals surface area contributed by atoms with Gasteiger partial charge in [-0.3, -0.25) is 0 Å². The Morgan fingerprint density at radius 1 is 1.19 bits per heavy atom. The molecule has 116 valence electrons. The zero-order valence-corrected chi connectivity index (χ0v) is 13.4. The second-order valence-electron chi connectivity index (χ2n) is 5.88. The van der Waals surface area contributed by atoms with Crippen molar-refractivity contribution in [1.82, 2.24) is 9.55 Å². The maximum atomic E-state index is 13.8. The van der Waals surface area contributed by atoms with E-state index >= 15 is 0 Å². The van der Waals surface area contributed by atoms with Crippen LogP contribution in [0.3, 0.4) is 0 Å². The summed E-state index contributed by atoms with van der Waals surface area (Å²) in [6.45, 7) is 6.84. The number of hydrogen-bond acceptors (Lipinski definition) is 1. The molecule has 0 aliphatic heterocycles. The van der Waals surface area contributed by atoms with Gasteiger partial charge in [0.15, 0.2) is 5.82 Å². The lowest BCUT2D eigenvalue weighted by Gasteiger charge is -2.11. The molecule has 0 aliphatic carbocycles. The van der Waals surface area contributed by atoms with Crippen LogP contribution in [0.2, 0.25) is 0 Å². The van der Waals surface area contributed by atoms with E-state index in [1.807, 2.05) is 4.57 Å². The fraction of sp³-hybridized carbons (Fsp3) is 0.562. The number of aryl methyl sites for hydroxylation is 1. The Kier molecular flexibility index (Phi) is 5.20. The first-order valence-electron chi connectivity index (χ1n) is 7.39. The Balaban J connectivity index is 2.32. The lowest BCUT2D eigenvalue weighted by atomic mass is 10.1. The largest absolute Gasteiger partial charge is 0.327 e. The number of alkyl halides is 1. The molecule has 0 saturated carbocycles. The van der Waals surface area contributed by atoms with E-state index in [-0.39, 0.29) is 10.9 Å². The van der Waals surface area contributed by atoms with Gasteiger partial charge < -0.3 is 4.57 Å². The molecular weight excluding hydrogens is 294 g/mol. The van der Waals surface area contributed by atoms with Gasteiger partial charge in [-0.25, -0.2) is 13.8 Å². The molecule has 0 spiro atoms. The van der Waals surface area contributed by atoms with E-state index in [9.17, 15) is 8.78 Å². The van der Waals surface area contributed by atoms with Gasteiger partial charge >= 0.3 is 0 Å². The third-order valence-electron chi connectivity index (χ3n) is 3.57. The summed E-state index contributed by atoms with van der Waals surface area (Å²) in [7, 11) is 0. The first kappa shape index (κ1) is 16.2. The molecule has 0 amide bonds. The molecule has 1 heterocycles. The monoisotopic (exact) mass is 314 g/mol. The van der Waals surface area contributed by atoms with Crippen molar-refractivity contribution in [2.75, 3.05) is 0 Å². The minimum atomic E-state index is -0.635. The molecule has 5 heteroatoms. The summed E-state index contributed by atoms with van der Waals surface area (Å²) in [6, 6.07) is 2.19. The lowest BCUT2D eigenvalue weighted by molar-refractivity contribution is 0.507. The van der Waals surface area contributed by atoms with Crippen molar-refractivity contribution >= 4 is 22.6 Å². The number of halogens is 3. The smallest absolute Gasteiger partial charge is 0.153 e. The van der Waals surface area contributed by atoms with E-state index in [1.54, 1.807) is 6.92 Å². The molecule has 1 unspecified atom stereocenters. The highest BCUT2D eigenvalue weighted by Crippen LogP contribution is 2.27. The molecule has 0 saturated heterocycles. The Labute approximate surface area is 129 Å². The van der Waals surface area contributed by atoms with Gasteiger partial charge in [0, 0.05) is 12.6 Å². The second kappa shape index (κ2) is 6.73. The van der Waals surface area contributed by atoms with Crippen LogP contribution in [0.5, 0.6) is 0 Å². The lowest BCUT2D eigenvalue weighted by Crippen LogP contribution is -2.05. The third kappa shape index (κ3) is 3.73. The van der Waals surface area contributed by atoms with Crippen LogP contribution in [0.15, 0.2) is 12.1 Å². The molecule has 0 bridgehead atoms. The molecule has 1 aromatic carbocycles. The number of benzene rings is 1. The number of unbranched alkanes of at least 4 members (excludes halogenated alkanes) is 1. The minimum absolute atomic E-state index is 0.197. The number of imidazole rings is 1. The summed E-state index contributed by atoms with van der Waals surface area (Å²) in [5.74, 6) is 0.0353. The van der Waals surface area contributed by atoms with Crippen molar-refractivity contribution < 1.29 is 8.78 Å². The van der Waals surface area contributed by atoms with Crippen molar-refractivity contribution in [3.05, 3.63) is 29.6 Å². The molecule has 1 aromatic heterocycles. The highest BCUT2D eigenvalue weighted by Gasteiger charge is 2.18. The van der Waals surface area contributed by atoms with Crippen LogP contribution in [0.4, 0.5) is 8.78 Å². The molecule has 1 atom stereocenters. The van der Waals surface area contributed by atoms with Gasteiger partial charge in [0.1, 0.15) is 17.2 Å². The quantitative estimate of drug-likeness (QED) is 0.512. The summed E-state index contributed by atoms with van der Waals surface area (Å²) in [5, 5.41) is -0.343. The van der Waals surface area contributed by atoms with E-state index in [0.29, 0.717) is 23.8 Å². The van der Waals surface area contributed by atoms with Crippen molar-refractivity contribution in [3.63, 3.8) is 0 Å². The Bertz CT molecular complexity index is 620. The van der Waals surface area contributed by atoms with Crippen LogP contribution in [-0.2, 0) is 6.54 Å². The first-order chi connectivity index (χ1) is 9.90. The fourth-order valence-corrected chi connectivity index (χ4v) is 2.69. The number of nitrogens with zero attached hydrogens (tertiary/aromatic N) is 2. The Hall–Kier alpha value is -1.16. The van der Waals surface area contributed by atoms with Crippen LogP contribution in [0.1, 0.15) is 51.2 Å². The minimum Gasteiger partial charge on any atom is -0.327 e. The van der Waals surface area contributed by atoms with Crippen LogP contribution >= 0.6 is 11.6 Å². The fourth-order valence-electron chi connectivity index (χ4n) is 2.53. The van der Waals surface area contributed by atoms with E-state index < -0.39 is 11.6 Å². The maximum Gasteiger partial charge on any atom is 0.153 e. The second-order valence-corrected chi connectivity index (χ2v) is 6.54. The highest BCUT2D eigenvalue weighted by molar-refractivity contribution is 6.20.